The third-order valence-corrected chi connectivity index (χ3v) is 2.07. The van der Waals surface area contributed by atoms with E-state index in [4.69, 9.17) is 28.7 Å². The van der Waals surface area contributed by atoms with Crippen LogP contribution in [-0.2, 0) is 0 Å². The van der Waals surface area contributed by atoms with Gasteiger partial charge in [0.15, 0.2) is 0 Å². The Kier molecular flexibility index (Phi) is 3.14. The lowest BCUT2D eigenvalue weighted by molar-refractivity contribution is -0.384. The second-order valence-electron chi connectivity index (χ2n) is 2.18. The normalized spacial score (nSPS) is 9.29. The number of hydrogen-bond donors (Lipinski definition) is 0. The van der Waals surface area contributed by atoms with Gasteiger partial charge >= 0.3 is 0 Å². The van der Waals surface area contributed by atoms with Gasteiger partial charge in [-0.25, -0.2) is 0 Å². The highest BCUT2D eigenvalue weighted by Crippen LogP contribution is 2.39. The highest BCUT2D eigenvalue weighted by molar-refractivity contribution is 6.40. The van der Waals surface area contributed by atoms with Gasteiger partial charge in [0.1, 0.15) is 5.02 Å². The molecule has 0 amide bonds. The average molecular weight is 233 g/mol. The lowest BCUT2D eigenvalue weighted by Gasteiger charge is -2.00. The van der Waals surface area contributed by atoms with Crippen molar-refractivity contribution in [1.29, 1.82) is 0 Å². The molecule has 0 unspecified atom stereocenters. The summed E-state index contributed by atoms with van der Waals surface area (Å²) in [6.45, 7) is 0. The van der Waals surface area contributed by atoms with Gasteiger partial charge in [0, 0.05) is 11.0 Å². The highest BCUT2D eigenvalue weighted by Gasteiger charge is 2.17. The van der Waals surface area contributed by atoms with Crippen LogP contribution < -0.4 is 0 Å². The molecule has 72 valence electrons. The molecule has 0 spiro atoms. The summed E-state index contributed by atoms with van der Waals surface area (Å²) in [5.41, 5.74) is 7.69. The average Bonchev–Trinajstić information content (AvgIpc) is 2.11. The first kappa shape index (κ1) is 10.6. The Labute approximate surface area is 87.8 Å². The van der Waals surface area contributed by atoms with Crippen LogP contribution >= 0.6 is 23.2 Å². The minimum atomic E-state index is -0.685. The zero-order chi connectivity index (χ0) is 10.7. The summed E-state index contributed by atoms with van der Waals surface area (Å²) in [4.78, 5) is 12.2. The van der Waals surface area contributed by atoms with Crippen molar-refractivity contribution in [3.8, 4) is 0 Å². The summed E-state index contributed by atoms with van der Waals surface area (Å²) in [7, 11) is 0. The van der Waals surface area contributed by atoms with Gasteiger partial charge in [0.05, 0.1) is 15.6 Å². The quantitative estimate of drug-likeness (QED) is 0.255. The fourth-order valence-electron chi connectivity index (χ4n) is 0.808. The van der Waals surface area contributed by atoms with Crippen LogP contribution in [0.4, 0.5) is 11.4 Å². The largest absolute Gasteiger partial charge is 0.288 e. The van der Waals surface area contributed by atoms with Gasteiger partial charge in [-0.3, -0.25) is 10.1 Å². The van der Waals surface area contributed by atoms with E-state index in [1.54, 1.807) is 0 Å². The standard InChI is InChI=1S/C6H2Cl2N4O2/c7-3-1-2-4(12(13)14)5(8)6(3)10-11-9/h1-2H. The van der Waals surface area contributed by atoms with E-state index in [1.807, 2.05) is 0 Å². The van der Waals surface area contributed by atoms with Crippen LogP contribution in [-0.4, -0.2) is 4.92 Å². The van der Waals surface area contributed by atoms with Crippen LogP contribution in [0.15, 0.2) is 17.2 Å². The van der Waals surface area contributed by atoms with E-state index in [0.29, 0.717) is 0 Å². The minimum absolute atomic E-state index is 0.0680. The number of rotatable bonds is 2. The number of azide groups is 1. The molecule has 0 radical (unpaired) electrons. The van der Waals surface area contributed by atoms with Crippen molar-refractivity contribution in [3.63, 3.8) is 0 Å². The van der Waals surface area contributed by atoms with Gasteiger partial charge < -0.3 is 0 Å². The van der Waals surface area contributed by atoms with Crippen molar-refractivity contribution >= 4 is 34.6 Å². The predicted octanol–water partition coefficient (Wildman–Crippen LogP) is 3.84. The van der Waals surface area contributed by atoms with Crippen molar-refractivity contribution in [3.05, 3.63) is 42.7 Å². The molecule has 0 aliphatic heterocycles. The maximum Gasteiger partial charge on any atom is 0.288 e. The topological polar surface area (TPSA) is 91.9 Å². The van der Waals surface area contributed by atoms with E-state index in [2.05, 4.69) is 10.0 Å². The van der Waals surface area contributed by atoms with E-state index >= 15 is 0 Å². The summed E-state index contributed by atoms with van der Waals surface area (Å²) in [5.74, 6) is 0. The molecular formula is C6H2Cl2N4O2. The second kappa shape index (κ2) is 4.15. The van der Waals surface area contributed by atoms with E-state index in [0.717, 1.165) is 6.07 Å². The Morgan fingerprint density at radius 1 is 1.50 bits per heavy atom. The van der Waals surface area contributed by atoms with Gasteiger partial charge in [0.25, 0.3) is 5.69 Å². The summed E-state index contributed by atoms with van der Waals surface area (Å²) in [5, 5.41) is 13.4. The zero-order valence-electron chi connectivity index (χ0n) is 6.52. The monoisotopic (exact) mass is 232 g/mol. The molecule has 0 aromatic heterocycles. The summed E-state index contributed by atoms with van der Waals surface area (Å²) >= 11 is 11.2. The van der Waals surface area contributed by atoms with Crippen LogP contribution in [0.25, 0.3) is 10.4 Å². The minimum Gasteiger partial charge on any atom is -0.258 e. The highest BCUT2D eigenvalue weighted by atomic mass is 35.5. The third-order valence-electron chi connectivity index (χ3n) is 1.39. The van der Waals surface area contributed by atoms with E-state index in [9.17, 15) is 10.1 Å². The number of benzene rings is 1. The molecule has 0 aliphatic rings. The molecule has 8 heteroatoms. The molecule has 0 heterocycles. The molecule has 1 aromatic rings. The molecule has 0 atom stereocenters. The SMILES string of the molecule is [N-]=[N+]=Nc1c(Cl)ccc([N+](=O)[O-])c1Cl. The van der Waals surface area contributed by atoms with Gasteiger partial charge in [-0.15, -0.1) is 0 Å². The lowest BCUT2D eigenvalue weighted by atomic mass is 10.3. The summed E-state index contributed by atoms with van der Waals surface area (Å²) < 4.78 is 0. The fraction of sp³-hybridized carbons (Fsp3) is 0. The molecular weight excluding hydrogens is 231 g/mol. The smallest absolute Gasteiger partial charge is 0.258 e. The zero-order valence-corrected chi connectivity index (χ0v) is 8.03. The van der Waals surface area contributed by atoms with Crippen LogP contribution in [0.2, 0.25) is 10.0 Å². The first-order chi connectivity index (χ1) is 6.57. The number of nitro groups is 1. The van der Waals surface area contributed by atoms with Crippen LogP contribution in [0.3, 0.4) is 0 Å². The molecule has 6 nitrogen and oxygen atoms in total. The number of nitro benzene ring substituents is 1. The molecule has 1 aromatic carbocycles. The van der Waals surface area contributed by atoms with Gasteiger partial charge in [-0.2, -0.15) is 0 Å². The molecule has 0 N–H and O–H groups in total. The second-order valence-corrected chi connectivity index (χ2v) is 2.96. The van der Waals surface area contributed by atoms with Crippen LogP contribution in [0.1, 0.15) is 0 Å². The van der Waals surface area contributed by atoms with E-state index in [-0.39, 0.29) is 21.4 Å². The molecule has 0 saturated carbocycles. The van der Waals surface area contributed by atoms with Crippen molar-refractivity contribution < 1.29 is 4.92 Å². The summed E-state index contributed by atoms with van der Waals surface area (Å²) in [6, 6.07) is 2.39. The van der Waals surface area contributed by atoms with Gasteiger partial charge in [0.2, 0.25) is 0 Å². The van der Waals surface area contributed by atoms with Crippen molar-refractivity contribution in [1.82, 2.24) is 0 Å². The Morgan fingerprint density at radius 3 is 2.64 bits per heavy atom. The Morgan fingerprint density at radius 2 is 2.14 bits per heavy atom. The molecule has 1 rings (SSSR count). The van der Waals surface area contributed by atoms with Crippen LogP contribution in [0, 0.1) is 10.1 Å². The maximum absolute atomic E-state index is 10.4. The number of halogens is 2. The van der Waals surface area contributed by atoms with Gasteiger partial charge in [-0.05, 0) is 11.6 Å². The summed E-state index contributed by atoms with van der Waals surface area (Å²) in [6.07, 6.45) is 0. The maximum atomic E-state index is 10.4. The fourth-order valence-corrected chi connectivity index (χ4v) is 1.32. The first-order valence-corrected chi connectivity index (χ1v) is 4.01. The van der Waals surface area contributed by atoms with E-state index < -0.39 is 4.92 Å². The van der Waals surface area contributed by atoms with Crippen molar-refractivity contribution in [2.24, 2.45) is 5.11 Å². The predicted molar refractivity (Wildman–Crippen MR) is 51.9 cm³/mol. The molecule has 0 saturated heterocycles. The molecule has 0 aliphatic carbocycles. The Balaban J connectivity index is 3.48. The Bertz CT molecular complexity index is 442. The first-order valence-electron chi connectivity index (χ1n) is 3.25. The number of hydrogen-bond acceptors (Lipinski definition) is 3. The Hall–Kier alpha value is -1.49. The molecule has 0 bridgehead atoms. The van der Waals surface area contributed by atoms with Crippen molar-refractivity contribution in [2.45, 2.75) is 0 Å². The lowest BCUT2D eigenvalue weighted by Crippen LogP contribution is -1.88. The van der Waals surface area contributed by atoms with Crippen molar-refractivity contribution in [2.75, 3.05) is 0 Å². The van der Waals surface area contributed by atoms with E-state index in [1.165, 1.54) is 6.07 Å². The third kappa shape index (κ3) is 1.88. The molecule has 14 heavy (non-hydrogen) atoms. The number of nitrogens with zero attached hydrogens (tertiary/aromatic N) is 4. The molecule has 0 fully saturated rings. The van der Waals surface area contributed by atoms with Crippen LogP contribution in [0.5, 0.6) is 0 Å². The van der Waals surface area contributed by atoms with Gasteiger partial charge in [-0.1, -0.05) is 28.3 Å².